The Hall–Kier alpha value is -2.82. The molecule has 2 heterocycles. The van der Waals surface area contributed by atoms with E-state index in [9.17, 15) is 9.59 Å². The van der Waals surface area contributed by atoms with Crippen molar-refractivity contribution in [2.45, 2.75) is 50.9 Å². The van der Waals surface area contributed by atoms with Gasteiger partial charge in [-0.15, -0.1) is 0 Å². The maximum Gasteiger partial charge on any atom is 0.230 e. The zero-order chi connectivity index (χ0) is 24.5. The van der Waals surface area contributed by atoms with Gasteiger partial charge >= 0.3 is 0 Å². The van der Waals surface area contributed by atoms with Gasteiger partial charge in [-0.2, -0.15) is 0 Å². The molecule has 5 heteroatoms. The molecule has 2 saturated heterocycles. The first kappa shape index (κ1) is 23.6. The number of rotatable bonds is 5. The fourth-order valence-corrected chi connectivity index (χ4v) is 7.23. The Labute approximate surface area is 215 Å². The first-order valence-corrected chi connectivity index (χ1v) is 14.1. The number of hydrogen-bond acceptors (Lipinski definition) is 3. The molecule has 4 aliphatic rings. The quantitative estimate of drug-likeness (QED) is 0.603. The molecule has 190 valence electrons. The van der Waals surface area contributed by atoms with Crippen LogP contribution in [0.4, 0.5) is 5.69 Å². The fraction of sp³-hybridized carbons (Fsp3) is 0.548. The summed E-state index contributed by atoms with van der Waals surface area (Å²) in [6.45, 7) is 5.04. The van der Waals surface area contributed by atoms with Crippen LogP contribution in [0.2, 0.25) is 0 Å². The number of anilines is 1. The van der Waals surface area contributed by atoms with E-state index in [0.29, 0.717) is 17.7 Å². The molecule has 6 rings (SSSR count). The normalized spacial score (nSPS) is 24.7. The average molecular weight is 486 g/mol. The Morgan fingerprint density at radius 2 is 1.36 bits per heavy atom. The number of piperazine rings is 1. The molecule has 0 radical (unpaired) electrons. The van der Waals surface area contributed by atoms with Gasteiger partial charge in [-0.05, 0) is 61.1 Å². The van der Waals surface area contributed by atoms with Gasteiger partial charge in [-0.3, -0.25) is 9.59 Å². The van der Waals surface area contributed by atoms with Gasteiger partial charge < -0.3 is 14.7 Å². The minimum atomic E-state index is 0.000271. The minimum absolute atomic E-state index is 0.000271. The molecule has 4 fully saturated rings. The lowest BCUT2D eigenvalue weighted by Gasteiger charge is -2.38. The van der Waals surface area contributed by atoms with Crippen molar-refractivity contribution in [3.05, 3.63) is 66.2 Å². The van der Waals surface area contributed by atoms with Gasteiger partial charge in [0.15, 0.2) is 0 Å². The third-order valence-electron chi connectivity index (χ3n) is 9.57. The van der Waals surface area contributed by atoms with Gasteiger partial charge in [-0.25, -0.2) is 0 Å². The topological polar surface area (TPSA) is 43.9 Å². The van der Waals surface area contributed by atoms with Crippen LogP contribution in [0.5, 0.6) is 0 Å². The first-order chi connectivity index (χ1) is 17.6. The van der Waals surface area contributed by atoms with Crippen LogP contribution >= 0.6 is 0 Å². The summed E-state index contributed by atoms with van der Waals surface area (Å²) in [7, 11) is 0. The molecule has 36 heavy (non-hydrogen) atoms. The van der Waals surface area contributed by atoms with Crippen molar-refractivity contribution in [3.63, 3.8) is 0 Å². The molecule has 0 unspecified atom stereocenters. The average Bonchev–Trinajstić information content (AvgIpc) is 3.36. The van der Waals surface area contributed by atoms with E-state index in [4.69, 9.17) is 0 Å². The van der Waals surface area contributed by atoms with Crippen molar-refractivity contribution in [2.75, 3.05) is 44.2 Å². The van der Waals surface area contributed by atoms with Crippen molar-refractivity contribution in [1.82, 2.24) is 9.80 Å². The minimum Gasteiger partial charge on any atom is -0.368 e. The summed E-state index contributed by atoms with van der Waals surface area (Å²) in [4.78, 5) is 33.8. The zero-order valence-electron chi connectivity index (χ0n) is 21.4. The summed E-state index contributed by atoms with van der Waals surface area (Å²) >= 11 is 0. The predicted molar refractivity (Wildman–Crippen MR) is 143 cm³/mol. The molecule has 2 aliphatic carbocycles. The van der Waals surface area contributed by atoms with Crippen LogP contribution in [0.1, 0.15) is 56.4 Å². The van der Waals surface area contributed by atoms with Crippen molar-refractivity contribution in [2.24, 2.45) is 17.3 Å². The smallest absolute Gasteiger partial charge is 0.230 e. The van der Waals surface area contributed by atoms with Crippen LogP contribution in [-0.2, 0) is 9.59 Å². The molecule has 2 aromatic carbocycles. The number of likely N-dealkylation sites (tertiary alicyclic amines) is 1. The number of benzene rings is 2. The molecule has 0 N–H and O–H groups in total. The number of carbonyl (C=O) groups is 2. The van der Waals surface area contributed by atoms with Crippen LogP contribution < -0.4 is 4.90 Å². The lowest BCUT2D eigenvalue weighted by molar-refractivity contribution is -0.136. The Kier molecular flexibility index (Phi) is 6.49. The SMILES string of the molecule is O=C([C@@H](c1ccccc1)C1CCCC1)N1CCC2(CC1)C[C@H]2C(=O)N1CCN(c2ccccc2)CC1. The fourth-order valence-electron chi connectivity index (χ4n) is 7.23. The largest absolute Gasteiger partial charge is 0.368 e. The standard InChI is InChI=1S/C31H39N3O2/c35-29(34-21-19-32(20-22-34)26-13-5-2-6-14-26)27-23-31(27)15-17-33(18-16-31)30(36)28(25-11-7-8-12-25)24-9-3-1-4-10-24/h1-6,9-10,13-14,25,27-28H,7-8,11-12,15-23H2/t27-,28-/m0/s1. The van der Waals surface area contributed by atoms with E-state index in [1.54, 1.807) is 0 Å². The van der Waals surface area contributed by atoms with Crippen LogP contribution in [0.3, 0.4) is 0 Å². The number of nitrogens with zero attached hydrogens (tertiary/aromatic N) is 3. The summed E-state index contributed by atoms with van der Waals surface area (Å²) in [5.41, 5.74) is 2.57. The van der Waals surface area contributed by atoms with Gasteiger partial charge in [0.25, 0.3) is 0 Å². The zero-order valence-corrected chi connectivity index (χ0v) is 21.4. The van der Waals surface area contributed by atoms with E-state index < -0.39 is 0 Å². The lowest BCUT2D eigenvalue weighted by Crippen LogP contribution is -2.50. The second kappa shape index (κ2) is 9.91. The van der Waals surface area contributed by atoms with Crippen LogP contribution in [0, 0.1) is 17.3 Å². The molecule has 0 bridgehead atoms. The van der Waals surface area contributed by atoms with Crippen LogP contribution in [0.25, 0.3) is 0 Å². The van der Waals surface area contributed by atoms with Crippen molar-refractivity contribution < 1.29 is 9.59 Å². The Bertz CT molecular complexity index is 1050. The van der Waals surface area contributed by atoms with E-state index in [2.05, 4.69) is 63.2 Å². The number of hydrogen-bond donors (Lipinski definition) is 0. The van der Waals surface area contributed by atoms with Crippen molar-refractivity contribution >= 4 is 17.5 Å². The van der Waals surface area contributed by atoms with E-state index in [1.807, 2.05) is 12.1 Å². The van der Waals surface area contributed by atoms with E-state index in [1.165, 1.54) is 24.1 Å². The number of piperidine rings is 1. The molecule has 2 atom stereocenters. The highest BCUT2D eigenvalue weighted by Crippen LogP contribution is 2.60. The molecule has 0 aromatic heterocycles. The molecule has 2 aromatic rings. The monoisotopic (exact) mass is 485 g/mol. The Morgan fingerprint density at radius 3 is 2.00 bits per heavy atom. The van der Waals surface area contributed by atoms with Crippen LogP contribution in [0.15, 0.2) is 60.7 Å². The third kappa shape index (κ3) is 4.53. The van der Waals surface area contributed by atoms with Gasteiger partial charge in [0.1, 0.15) is 0 Å². The van der Waals surface area contributed by atoms with Gasteiger partial charge in [0.05, 0.1) is 5.92 Å². The van der Waals surface area contributed by atoms with E-state index in [0.717, 1.165) is 71.4 Å². The Balaban J connectivity index is 1.04. The van der Waals surface area contributed by atoms with Crippen molar-refractivity contribution in [1.29, 1.82) is 0 Å². The molecule has 2 aliphatic heterocycles. The lowest BCUT2D eigenvalue weighted by atomic mass is 9.82. The summed E-state index contributed by atoms with van der Waals surface area (Å²) in [6, 6.07) is 20.9. The second-order valence-corrected chi connectivity index (χ2v) is 11.5. The maximum atomic E-state index is 13.8. The molecule has 2 saturated carbocycles. The molecule has 5 nitrogen and oxygen atoms in total. The number of para-hydroxylation sites is 1. The van der Waals surface area contributed by atoms with E-state index in [-0.39, 0.29) is 17.3 Å². The van der Waals surface area contributed by atoms with Gasteiger partial charge in [0, 0.05) is 50.9 Å². The third-order valence-corrected chi connectivity index (χ3v) is 9.57. The summed E-state index contributed by atoms with van der Waals surface area (Å²) in [5, 5.41) is 0. The highest BCUT2D eigenvalue weighted by atomic mass is 16.2. The predicted octanol–water partition coefficient (Wildman–Crippen LogP) is 4.94. The second-order valence-electron chi connectivity index (χ2n) is 11.5. The number of amides is 2. The molecular formula is C31H39N3O2. The van der Waals surface area contributed by atoms with Gasteiger partial charge in [-0.1, -0.05) is 61.4 Å². The molecule has 2 amide bonds. The highest BCUT2D eigenvalue weighted by molar-refractivity contribution is 5.85. The Morgan fingerprint density at radius 1 is 0.750 bits per heavy atom. The number of carbonyl (C=O) groups excluding carboxylic acids is 2. The first-order valence-electron chi connectivity index (χ1n) is 14.1. The molecule has 1 spiro atoms. The van der Waals surface area contributed by atoms with Gasteiger partial charge in [0.2, 0.25) is 11.8 Å². The van der Waals surface area contributed by atoms with E-state index >= 15 is 0 Å². The van der Waals surface area contributed by atoms with Crippen molar-refractivity contribution in [3.8, 4) is 0 Å². The van der Waals surface area contributed by atoms with Crippen LogP contribution in [-0.4, -0.2) is 60.9 Å². The maximum absolute atomic E-state index is 13.8. The molecular weight excluding hydrogens is 446 g/mol. The summed E-state index contributed by atoms with van der Waals surface area (Å²) < 4.78 is 0. The summed E-state index contributed by atoms with van der Waals surface area (Å²) in [5.74, 6) is 1.32. The summed E-state index contributed by atoms with van der Waals surface area (Å²) in [6.07, 6.45) is 7.78. The highest BCUT2D eigenvalue weighted by Gasteiger charge is 2.59.